The van der Waals surface area contributed by atoms with Crippen LogP contribution in [0.3, 0.4) is 0 Å². The molecule has 3 aromatic rings. The molecule has 0 aliphatic carbocycles. The molecular formula is C30H38ClN5O3. The molecule has 2 saturated heterocycles. The summed E-state index contributed by atoms with van der Waals surface area (Å²) in [5.74, 6) is 1.85. The molecule has 8 nitrogen and oxygen atoms in total. The van der Waals surface area contributed by atoms with Crippen LogP contribution >= 0.6 is 11.6 Å². The number of anilines is 1. The molecule has 0 spiro atoms. The van der Waals surface area contributed by atoms with E-state index in [1.165, 1.54) is 0 Å². The molecule has 2 aliphatic heterocycles. The van der Waals surface area contributed by atoms with Crippen molar-refractivity contribution in [2.75, 3.05) is 24.5 Å². The van der Waals surface area contributed by atoms with Gasteiger partial charge in [0, 0.05) is 61.9 Å². The normalized spacial score (nSPS) is 17.6. The standard InChI is InChI=1S/C30H38ClN5O3/c1-2-3-5-18-35-27(20-29(39)36-21-24(32-30(35)36)22-12-14-23(31)15-13-22)34-19-7-9-25(34)26(37)10-4-6-16-33-17-8-11-28(33)38/h12-15,20-21,25H,2-11,16-19H2,1H3/t25-/m0/s1. The second-order valence-electron chi connectivity index (χ2n) is 10.8. The van der Waals surface area contributed by atoms with Crippen LogP contribution in [0.5, 0.6) is 0 Å². The van der Waals surface area contributed by atoms with E-state index in [9.17, 15) is 14.4 Å². The molecule has 0 saturated carbocycles. The Kier molecular flexibility index (Phi) is 8.70. The Balaban J connectivity index is 1.39. The molecule has 2 aliphatic rings. The number of carbonyl (C=O) groups is 2. The third kappa shape index (κ3) is 6.06. The van der Waals surface area contributed by atoms with Crippen molar-refractivity contribution in [1.29, 1.82) is 0 Å². The molecule has 0 unspecified atom stereocenters. The average molecular weight is 552 g/mol. The molecule has 9 heteroatoms. The maximum Gasteiger partial charge on any atom is 0.261 e. The van der Waals surface area contributed by atoms with E-state index in [0.717, 1.165) is 94.6 Å². The predicted octanol–water partition coefficient (Wildman–Crippen LogP) is 5.34. The number of rotatable bonds is 12. The number of likely N-dealkylation sites (tertiary alicyclic amines) is 1. The summed E-state index contributed by atoms with van der Waals surface area (Å²) in [4.78, 5) is 47.5. The van der Waals surface area contributed by atoms with Gasteiger partial charge in [0.1, 0.15) is 5.82 Å². The van der Waals surface area contributed by atoms with Gasteiger partial charge in [0.25, 0.3) is 5.56 Å². The molecule has 1 atom stereocenters. The number of amides is 1. The summed E-state index contributed by atoms with van der Waals surface area (Å²) in [6, 6.07) is 8.91. The highest BCUT2D eigenvalue weighted by atomic mass is 35.5. The Morgan fingerprint density at radius 3 is 2.56 bits per heavy atom. The highest BCUT2D eigenvalue weighted by Crippen LogP contribution is 2.29. The zero-order valence-electron chi connectivity index (χ0n) is 22.8. The van der Waals surface area contributed by atoms with E-state index < -0.39 is 0 Å². The van der Waals surface area contributed by atoms with Gasteiger partial charge in [-0.25, -0.2) is 4.98 Å². The van der Waals surface area contributed by atoms with Crippen LogP contribution in [0.1, 0.15) is 71.1 Å². The van der Waals surface area contributed by atoms with E-state index in [1.54, 1.807) is 16.7 Å². The van der Waals surface area contributed by atoms with Gasteiger partial charge in [-0.15, -0.1) is 0 Å². The van der Waals surface area contributed by atoms with Crippen LogP contribution in [-0.2, 0) is 16.1 Å². The highest BCUT2D eigenvalue weighted by Gasteiger charge is 2.33. The molecule has 4 heterocycles. The van der Waals surface area contributed by atoms with Gasteiger partial charge in [0.2, 0.25) is 11.7 Å². The molecule has 0 radical (unpaired) electrons. The average Bonchev–Trinajstić information content (AvgIpc) is 3.68. The number of ketones is 1. The summed E-state index contributed by atoms with van der Waals surface area (Å²) in [5, 5.41) is 0.651. The van der Waals surface area contributed by atoms with Gasteiger partial charge in [-0.2, -0.15) is 0 Å². The van der Waals surface area contributed by atoms with Crippen LogP contribution in [-0.4, -0.2) is 56.2 Å². The number of halogens is 1. The lowest BCUT2D eigenvalue weighted by Crippen LogP contribution is -2.39. The first-order chi connectivity index (χ1) is 19.0. The van der Waals surface area contributed by atoms with Crippen LogP contribution in [0.25, 0.3) is 17.0 Å². The fourth-order valence-electron chi connectivity index (χ4n) is 5.90. The van der Waals surface area contributed by atoms with E-state index in [1.807, 2.05) is 29.2 Å². The van der Waals surface area contributed by atoms with Crippen molar-refractivity contribution < 1.29 is 9.59 Å². The number of hydrogen-bond acceptors (Lipinski definition) is 5. The van der Waals surface area contributed by atoms with Crippen molar-refractivity contribution in [2.24, 2.45) is 0 Å². The number of fused-ring (bicyclic) bond motifs is 1. The van der Waals surface area contributed by atoms with E-state index in [0.29, 0.717) is 23.6 Å². The van der Waals surface area contributed by atoms with E-state index in [4.69, 9.17) is 16.6 Å². The van der Waals surface area contributed by atoms with Gasteiger partial charge in [-0.1, -0.05) is 43.5 Å². The van der Waals surface area contributed by atoms with Gasteiger partial charge in [-0.05, 0) is 50.7 Å². The van der Waals surface area contributed by atoms with Gasteiger partial charge < -0.3 is 9.80 Å². The first-order valence-corrected chi connectivity index (χ1v) is 14.8. The van der Waals surface area contributed by atoms with Crippen LogP contribution < -0.4 is 10.5 Å². The Labute approximate surface area is 234 Å². The molecule has 208 valence electrons. The second-order valence-corrected chi connectivity index (χ2v) is 11.2. The molecule has 1 amide bonds. The number of benzene rings is 1. The maximum absolute atomic E-state index is 13.4. The second kappa shape index (κ2) is 12.4. The van der Waals surface area contributed by atoms with Crippen LogP contribution in [0, 0.1) is 0 Å². The number of unbranched alkanes of at least 4 members (excludes halogenated alkanes) is 3. The number of imidazole rings is 1. The lowest BCUT2D eigenvalue weighted by Gasteiger charge is -2.29. The number of aryl methyl sites for hydroxylation is 1. The van der Waals surface area contributed by atoms with Gasteiger partial charge in [0.05, 0.1) is 11.7 Å². The molecular weight excluding hydrogens is 514 g/mol. The summed E-state index contributed by atoms with van der Waals surface area (Å²) >= 11 is 6.08. The molecule has 2 aromatic heterocycles. The fourth-order valence-corrected chi connectivity index (χ4v) is 6.03. The Morgan fingerprint density at radius 2 is 1.82 bits per heavy atom. The topological polar surface area (TPSA) is 79.9 Å². The fraction of sp³-hybridized carbons (Fsp3) is 0.533. The minimum Gasteiger partial charge on any atom is -0.348 e. The SMILES string of the molecule is CCCCCn1c(N2CCC[C@H]2C(=O)CCCCN2CCCC2=O)cc(=O)n2cc(-c3ccc(Cl)cc3)nc12. The monoisotopic (exact) mass is 551 g/mol. The molecule has 0 bridgehead atoms. The summed E-state index contributed by atoms with van der Waals surface area (Å²) in [6.45, 7) is 5.22. The molecule has 5 rings (SSSR count). The number of nitrogens with zero attached hydrogens (tertiary/aromatic N) is 5. The lowest BCUT2D eigenvalue weighted by atomic mass is 10.0. The summed E-state index contributed by atoms with van der Waals surface area (Å²) in [7, 11) is 0. The van der Waals surface area contributed by atoms with Crippen molar-refractivity contribution in [3.63, 3.8) is 0 Å². The molecule has 39 heavy (non-hydrogen) atoms. The highest BCUT2D eigenvalue weighted by molar-refractivity contribution is 6.30. The molecule has 2 fully saturated rings. The minimum absolute atomic E-state index is 0.146. The number of hydrogen-bond donors (Lipinski definition) is 0. The van der Waals surface area contributed by atoms with E-state index in [-0.39, 0.29) is 23.3 Å². The van der Waals surface area contributed by atoms with Crippen molar-refractivity contribution in [2.45, 2.75) is 83.7 Å². The first kappa shape index (κ1) is 27.4. The van der Waals surface area contributed by atoms with Crippen molar-refractivity contribution in [3.05, 3.63) is 51.9 Å². The number of carbonyl (C=O) groups excluding carboxylic acids is 2. The third-order valence-electron chi connectivity index (χ3n) is 8.01. The Hall–Kier alpha value is -3.13. The smallest absolute Gasteiger partial charge is 0.261 e. The largest absolute Gasteiger partial charge is 0.348 e. The van der Waals surface area contributed by atoms with Crippen LogP contribution in [0.4, 0.5) is 5.82 Å². The van der Waals surface area contributed by atoms with Crippen LogP contribution in [0.2, 0.25) is 5.02 Å². The maximum atomic E-state index is 13.4. The Morgan fingerprint density at radius 1 is 1.03 bits per heavy atom. The molecule has 0 N–H and O–H groups in total. The van der Waals surface area contributed by atoms with Gasteiger partial charge >= 0.3 is 0 Å². The summed E-state index contributed by atoms with van der Waals surface area (Å²) in [6.07, 6.45) is 10.3. The predicted molar refractivity (Wildman–Crippen MR) is 154 cm³/mol. The van der Waals surface area contributed by atoms with Crippen LogP contribution in [0.15, 0.2) is 41.3 Å². The summed E-state index contributed by atoms with van der Waals surface area (Å²) in [5.41, 5.74) is 1.47. The van der Waals surface area contributed by atoms with E-state index in [2.05, 4.69) is 16.4 Å². The zero-order chi connectivity index (χ0) is 27.4. The van der Waals surface area contributed by atoms with Crippen molar-refractivity contribution in [1.82, 2.24) is 18.9 Å². The molecule has 1 aromatic carbocycles. The quantitative estimate of drug-likeness (QED) is 0.284. The summed E-state index contributed by atoms with van der Waals surface area (Å²) < 4.78 is 3.74. The Bertz CT molecular complexity index is 1380. The number of aromatic nitrogens is 3. The minimum atomic E-state index is -0.233. The first-order valence-electron chi connectivity index (χ1n) is 14.4. The van der Waals surface area contributed by atoms with E-state index >= 15 is 0 Å². The number of Topliss-reactive ketones (excluding diaryl/α,β-unsaturated/α-hetero) is 1. The third-order valence-corrected chi connectivity index (χ3v) is 8.26. The van der Waals surface area contributed by atoms with Gasteiger partial charge in [-0.3, -0.25) is 23.4 Å². The lowest BCUT2D eigenvalue weighted by molar-refractivity contribution is -0.127. The van der Waals surface area contributed by atoms with Gasteiger partial charge in [0.15, 0.2) is 5.78 Å². The van der Waals surface area contributed by atoms with Crippen molar-refractivity contribution in [3.8, 4) is 11.3 Å². The zero-order valence-corrected chi connectivity index (χ0v) is 23.5. The van der Waals surface area contributed by atoms with Crippen molar-refractivity contribution >= 4 is 34.9 Å².